The Balaban J connectivity index is 2.97. The molecule has 0 unspecified atom stereocenters. The zero-order valence-electron chi connectivity index (χ0n) is 12.5. The first-order valence-corrected chi connectivity index (χ1v) is 6.48. The van der Waals surface area contributed by atoms with Crippen LogP contribution in [0.1, 0.15) is 36.2 Å². The van der Waals surface area contributed by atoms with E-state index in [1.165, 1.54) is 5.56 Å². The van der Waals surface area contributed by atoms with Crippen molar-refractivity contribution in [1.29, 1.82) is 0 Å². The van der Waals surface area contributed by atoms with Gasteiger partial charge in [-0.1, -0.05) is 6.07 Å². The molecule has 1 aromatic carbocycles. The first-order valence-electron chi connectivity index (χ1n) is 6.48. The molecule has 1 N–H and O–H groups in total. The monoisotopic (exact) mass is 259 g/mol. The minimum Gasteiger partial charge on any atom is -0.481 e. The average molecular weight is 259 g/mol. The molecule has 102 valence electrons. The standard InChI is InChI=1S/C16H21NO2/c1-9-7-10(2)13-12(8-9)17(6)11(3)14(13)16(4,5)15(18)19/h7-8H,1-6H3,(H,18,19). The van der Waals surface area contributed by atoms with Crippen LogP contribution in [-0.4, -0.2) is 15.6 Å². The van der Waals surface area contributed by atoms with Gasteiger partial charge in [0.2, 0.25) is 0 Å². The molecule has 0 radical (unpaired) electrons. The summed E-state index contributed by atoms with van der Waals surface area (Å²) in [6.45, 7) is 9.66. The van der Waals surface area contributed by atoms with E-state index in [9.17, 15) is 9.90 Å². The van der Waals surface area contributed by atoms with Gasteiger partial charge < -0.3 is 9.67 Å². The maximum absolute atomic E-state index is 11.6. The summed E-state index contributed by atoms with van der Waals surface area (Å²) >= 11 is 0. The molecule has 0 saturated carbocycles. The lowest BCUT2D eigenvalue weighted by Gasteiger charge is -2.21. The van der Waals surface area contributed by atoms with E-state index in [2.05, 4.69) is 30.5 Å². The molecule has 0 aliphatic carbocycles. The molecule has 0 aliphatic heterocycles. The summed E-state index contributed by atoms with van der Waals surface area (Å²) in [5.74, 6) is -0.789. The second-order valence-electron chi connectivity index (χ2n) is 5.93. The van der Waals surface area contributed by atoms with Crippen molar-refractivity contribution >= 4 is 16.9 Å². The van der Waals surface area contributed by atoms with Crippen LogP contribution in [0.15, 0.2) is 12.1 Å². The SMILES string of the molecule is Cc1cc(C)c2c(C(C)(C)C(=O)O)c(C)n(C)c2c1. The number of carboxylic acid groups (broad SMARTS) is 1. The average Bonchev–Trinajstić information content (AvgIpc) is 2.53. The second-order valence-corrected chi connectivity index (χ2v) is 5.93. The predicted octanol–water partition coefficient (Wildman–Crippen LogP) is 3.47. The van der Waals surface area contributed by atoms with Crippen LogP contribution in [0.4, 0.5) is 0 Å². The van der Waals surface area contributed by atoms with Gasteiger partial charge in [-0.3, -0.25) is 4.79 Å². The van der Waals surface area contributed by atoms with Crippen molar-refractivity contribution in [2.24, 2.45) is 7.05 Å². The van der Waals surface area contributed by atoms with E-state index in [1.54, 1.807) is 13.8 Å². The summed E-state index contributed by atoms with van der Waals surface area (Å²) in [6, 6.07) is 4.24. The van der Waals surface area contributed by atoms with Crippen LogP contribution in [0.3, 0.4) is 0 Å². The normalized spacial score (nSPS) is 12.1. The molecule has 0 aliphatic rings. The summed E-state index contributed by atoms with van der Waals surface area (Å²) in [6.07, 6.45) is 0. The second kappa shape index (κ2) is 4.12. The fraction of sp³-hybridized carbons (Fsp3) is 0.438. The van der Waals surface area contributed by atoms with Crippen molar-refractivity contribution < 1.29 is 9.90 Å². The number of fused-ring (bicyclic) bond motifs is 1. The Morgan fingerprint density at radius 2 is 1.79 bits per heavy atom. The summed E-state index contributed by atoms with van der Waals surface area (Å²) in [4.78, 5) is 11.6. The van der Waals surface area contributed by atoms with Crippen molar-refractivity contribution in [3.8, 4) is 0 Å². The van der Waals surface area contributed by atoms with Crippen molar-refractivity contribution in [1.82, 2.24) is 4.57 Å². The number of aliphatic carboxylic acids is 1. The maximum atomic E-state index is 11.6. The number of carboxylic acids is 1. The van der Waals surface area contributed by atoms with E-state index in [0.717, 1.165) is 27.7 Å². The fourth-order valence-electron chi connectivity index (χ4n) is 2.94. The minimum atomic E-state index is -0.885. The van der Waals surface area contributed by atoms with Crippen LogP contribution >= 0.6 is 0 Å². The van der Waals surface area contributed by atoms with Crippen LogP contribution in [-0.2, 0) is 17.3 Å². The van der Waals surface area contributed by atoms with Crippen molar-refractivity contribution in [3.63, 3.8) is 0 Å². The molecule has 0 spiro atoms. The Morgan fingerprint density at radius 3 is 2.32 bits per heavy atom. The molecule has 3 nitrogen and oxygen atoms in total. The topological polar surface area (TPSA) is 42.2 Å². The Bertz CT molecular complexity index is 678. The summed E-state index contributed by atoms with van der Waals surface area (Å²) in [5, 5.41) is 10.6. The lowest BCUT2D eigenvalue weighted by molar-refractivity contribution is -0.142. The highest BCUT2D eigenvalue weighted by Crippen LogP contribution is 2.37. The third-order valence-electron chi connectivity index (χ3n) is 4.09. The van der Waals surface area contributed by atoms with Crippen molar-refractivity contribution in [3.05, 3.63) is 34.5 Å². The quantitative estimate of drug-likeness (QED) is 0.897. The molecule has 1 aromatic heterocycles. The molecule has 0 atom stereocenters. The number of nitrogens with zero attached hydrogens (tertiary/aromatic N) is 1. The zero-order chi connectivity index (χ0) is 14.5. The van der Waals surface area contributed by atoms with Crippen LogP contribution in [0.5, 0.6) is 0 Å². The van der Waals surface area contributed by atoms with E-state index >= 15 is 0 Å². The van der Waals surface area contributed by atoms with Gasteiger partial charge in [0, 0.05) is 23.6 Å². The molecular formula is C16H21NO2. The lowest BCUT2D eigenvalue weighted by Crippen LogP contribution is -2.29. The molecule has 0 bridgehead atoms. The van der Waals surface area contributed by atoms with E-state index in [-0.39, 0.29) is 0 Å². The summed E-state index contributed by atoms with van der Waals surface area (Å²) in [7, 11) is 2.00. The van der Waals surface area contributed by atoms with Crippen LogP contribution in [0.25, 0.3) is 10.9 Å². The van der Waals surface area contributed by atoms with Crippen LogP contribution in [0, 0.1) is 20.8 Å². The molecule has 19 heavy (non-hydrogen) atoms. The highest BCUT2D eigenvalue weighted by atomic mass is 16.4. The van der Waals surface area contributed by atoms with E-state index in [1.807, 2.05) is 14.0 Å². The Labute approximate surface area is 113 Å². The van der Waals surface area contributed by atoms with Gasteiger partial charge in [-0.25, -0.2) is 0 Å². The molecule has 2 rings (SSSR count). The van der Waals surface area contributed by atoms with E-state index in [0.29, 0.717) is 0 Å². The predicted molar refractivity (Wildman–Crippen MR) is 77.8 cm³/mol. The van der Waals surface area contributed by atoms with Crippen molar-refractivity contribution in [2.45, 2.75) is 40.0 Å². The minimum absolute atomic E-state index is 0.789. The number of carbonyl (C=O) groups is 1. The number of aromatic nitrogens is 1. The van der Waals surface area contributed by atoms with Crippen LogP contribution < -0.4 is 0 Å². The van der Waals surface area contributed by atoms with Gasteiger partial charge in [0.25, 0.3) is 0 Å². The number of hydrogen-bond acceptors (Lipinski definition) is 1. The lowest BCUT2D eigenvalue weighted by atomic mass is 9.82. The largest absolute Gasteiger partial charge is 0.481 e. The highest BCUT2D eigenvalue weighted by Gasteiger charge is 2.35. The Kier molecular flexibility index (Phi) is 2.96. The Morgan fingerprint density at radius 1 is 1.21 bits per heavy atom. The third kappa shape index (κ3) is 1.84. The first kappa shape index (κ1) is 13.7. The van der Waals surface area contributed by atoms with Gasteiger partial charge in [0.05, 0.1) is 5.41 Å². The van der Waals surface area contributed by atoms with E-state index in [4.69, 9.17) is 0 Å². The highest BCUT2D eigenvalue weighted by molar-refractivity contribution is 5.95. The molecule has 2 aromatic rings. The molecular weight excluding hydrogens is 238 g/mol. The van der Waals surface area contributed by atoms with Gasteiger partial charge in [-0.15, -0.1) is 0 Å². The zero-order valence-corrected chi connectivity index (χ0v) is 12.5. The van der Waals surface area contributed by atoms with Gasteiger partial charge in [0.15, 0.2) is 0 Å². The van der Waals surface area contributed by atoms with Crippen molar-refractivity contribution in [2.75, 3.05) is 0 Å². The number of aryl methyl sites for hydroxylation is 3. The number of hydrogen-bond donors (Lipinski definition) is 1. The first-order chi connectivity index (χ1) is 8.67. The number of rotatable bonds is 2. The van der Waals surface area contributed by atoms with Gasteiger partial charge in [0.1, 0.15) is 0 Å². The summed E-state index contributed by atoms with van der Waals surface area (Å²) < 4.78 is 2.09. The van der Waals surface area contributed by atoms with E-state index < -0.39 is 11.4 Å². The molecule has 0 fully saturated rings. The fourth-order valence-corrected chi connectivity index (χ4v) is 2.94. The third-order valence-corrected chi connectivity index (χ3v) is 4.09. The summed E-state index contributed by atoms with van der Waals surface area (Å²) in [5.41, 5.74) is 4.52. The van der Waals surface area contributed by atoms with Crippen LogP contribution in [0.2, 0.25) is 0 Å². The Hall–Kier alpha value is -1.77. The molecule has 0 amide bonds. The smallest absolute Gasteiger partial charge is 0.313 e. The van der Waals surface area contributed by atoms with Gasteiger partial charge in [-0.2, -0.15) is 0 Å². The van der Waals surface area contributed by atoms with Gasteiger partial charge in [-0.05, 0) is 57.4 Å². The maximum Gasteiger partial charge on any atom is 0.313 e. The molecule has 0 saturated heterocycles. The molecule has 3 heteroatoms. The van der Waals surface area contributed by atoms with Gasteiger partial charge >= 0.3 is 5.97 Å². The molecule has 1 heterocycles. The number of benzene rings is 1.